The molecule has 0 aromatic rings. The third-order valence-corrected chi connectivity index (χ3v) is 2.53. The fourth-order valence-corrected chi connectivity index (χ4v) is 1.74. The van der Waals surface area contributed by atoms with Crippen LogP contribution in [-0.4, -0.2) is 31.8 Å². The van der Waals surface area contributed by atoms with Crippen LogP contribution in [0.4, 0.5) is 0 Å². The number of nitrogens with one attached hydrogen (secondary N) is 2. The Balaban J connectivity index is 2.18. The highest BCUT2D eigenvalue weighted by Gasteiger charge is 2.15. The van der Waals surface area contributed by atoms with Crippen LogP contribution in [0, 0.1) is 0 Å². The van der Waals surface area contributed by atoms with Gasteiger partial charge in [-0.05, 0) is 12.8 Å². The van der Waals surface area contributed by atoms with Crippen molar-refractivity contribution in [3.63, 3.8) is 0 Å². The molecule has 0 amide bonds. The van der Waals surface area contributed by atoms with Gasteiger partial charge in [0.25, 0.3) is 0 Å². The second-order valence-corrected chi connectivity index (χ2v) is 3.69. The summed E-state index contributed by atoms with van der Waals surface area (Å²) in [5.41, 5.74) is 0. The van der Waals surface area contributed by atoms with Crippen molar-refractivity contribution in [2.45, 2.75) is 45.3 Å². The first-order valence-corrected chi connectivity index (χ1v) is 5.50. The topological polar surface area (TPSA) is 38.2 Å². The zero-order valence-corrected chi connectivity index (χ0v) is 8.84. The maximum absolute atomic E-state index is 4.53. The van der Waals surface area contributed by atoms with Crippen molar-refractivity contribution >= 4 is 0 Å². The fourth-order valence-electron chi connectivity index (χ4n) is 1.74. The molecule has 0 aliphatic carbocycles. The van der Waals surface area contributed by atoms with Gasteiger partial charge in [0.15, 0.2) is 0 Å². The molecule has 1 fully saturated rings. The van der Waals surface area contributed by atoms with E-state index in [2.05, 4.69) is 29.8 Å². The van der Waals surface area contributed by atoms with Gasteiger partial charge < -0.3 is 5.32 Å². The number of rotatable bonds is 5. The van der Waals surface area contributed by atoms with Crippen LogP contribution in [0.5, 0.6) is 0 Å². The Kier molecular flexibility index (Phi) is 5.35. The van der Waals surface area contributed by atoms with Gasteiger partial charge in [0.1, 0.15) is 0 Å². The zero-order chi connectivity index (χ0) is 9.52. The van der Waals surface area contributed by atoms with E-state index in [4.69, 9.17) is 0 Å². The molecule has 1 aliphatic rings. The summed E-state index contributed by atoms with van der Waals surface area (Å²) in [6.45, 7) is 7.48. The number of hydrogen-bond acceptors (Lipinski definition) is 2. The second-order valence-electron chi connectivity index (χ2n) is 3.69. The Morgan fingerprint density at radius 1 is 1.54 bits per heavy atom. The van der Waals surface area contributed by atoms with E-state index in [1.807, 2.05) is 0 Å². The van der Waals surface area contributed by atoms with Crippen LogP contribution in [0.2, 0.25) is 0 Å². The van der Waals surface area contributed by atoms with Crippen LogP contribution in [0.15, 0.2) is 0 Å². The summed E-state index contributed by atoms with van der Waals surface area (Å²) in [4.78, 5) is 0. The molecule has 1 heterocycles. The van der Waals surface area contributed by atoms with E-state index in [1.165, 1.54) is 19.3 Å². The van der Waals surface area contributed by atoms with Gasteiger partial charge in [-0.25, -0.2) is 5.32 Å². The maximum atomic E-state index is 4.53. The van der Waals surface area contributed by atoms with Crippen molar-refractivity contribution in [1.82, 2.24) is 16.0 Å². The van der Waals surface area contributed by atoms with Crippen molar-refractivity contribution in [1.29, 1.82) is 0 Å². The molecule has 1 aliphatic heterocycles. The van der Waals surface area contributed by atoms with E-state index in [0.717, 1.165) is 19.6 Å². The molecule has 3 heteroatoms. The van der Waals surface area contributed by atoms with Gasteiger partial charge in [-0.15, -0.1) is 0 Å². The molecule has 2 atom stereocenters. The monoisotopic (exact) mass is 184 g/mol. The van der Waals surface area contributed by atoms with Gasteiger partial charge in [-0.3, -0.25) is 5.32 Å². The van der Waals surface area contributed by atoms with E-state index < -0.39 is 0 Å². The van der Waals surface area contributed by atoms with Gasteiger partial charge in [0.2, 0.25) is 0 Å². The lowest BCUT2D eigenvalue weighted by atomic mass is 10.1. The summed E-state index contributed by atoms with van der Waals surface area (Å²) in [7, 11) is 0. The van der Waals surface area contributed by atoms with Crippen LogP contribution in [0.3, 0.4) is 0 Å². The molecule has 0 saturated carbocycles. The summed E-state index contributed by atoms with van der Waals surface area (Å²) in [5.74, 6) is 0. The van der Waals surface area contributed by atoms with E-state index in [-0.39, 0.29) is 0 Å². The number of nitrogens with zero attached hydrogens (tertiary/aromatic N) is 1. The third-order valence-electron chi connectivity index (χ3n) is 2.53. The first-order valence-electron chi connectivity index (χ1n) is 5.50. The van der Waals surface area contributed by atoms with E-state index in [0.29, 0.717) is 12.2 Å². The minimum Gasteiger partial charge on any atom is -0.312 e. The SMILES string of the molecule is CCCC(CC)NC1CNCC[N]1. The first-order chi connectivity index (χ1) is 6.36. The predicted octanol–water partition coefficient (Wildman–Crippen LogP) is 0.688. The molecular formula is C10H22N3. The standard InChI is InChI=1S/C10H22N3/c1-3-5-9(4-2)13-10-8-11-6-7-12-10/h9-11,13H,3-8H2,1-2H3. The van der Waals surface area contributed by atoms with Gasteiger partial charge in [-0.1, -0.05) is 20.3 Å². The third kappa shape index (κ3) is 4.07. The van der Waals surface area contributed by atoms with E-state index >= 15 is 0 Å². The van der Waals surface area contributed by atoms with Crippen LogP contribution in [0.1, 0.15) is 33.1 Å². The molecule has 2 N–H and O–H groups in total. The molecule has 0 spiro atoms. The molecular weight excluding hydrogens is 162 g/mol. The maximum Gasteiger partial charge on any atom is 0.0864 e. The van der Waals surface area contributed by atoms with Gasteiger partial charge in [0, 0.05) is 25.7 Å². The molecule has 1 rings (SSSR count). The van der Waals surface area contributed by atoms with Crippen molar-refractivity contribution < 1.29 is 0 Å². The largest absolute Gasteiger partial charge is 0.312 e. The van der Waals surface area contributed by atoms with Crippen molar-refractivity contribution in [3.8, 4) is 0 Å². The van der Waals surface area contributed by atoms with E-state index in [1.54, 1.807) is 0 Å². The quantitative estimate of drug-likeness (QED) is 0.660. The molecule has 2 unspecified atom stereocenters. The first kappa shape index (κ1) is 11.0. The highest BCUT2D eigenvalue weighted by molar-refractivity contribution is 4.76. The number of hydrogen-bond donors (Lipinski definition) is 2. The minimum atomic E-state index is 0.352. The average Bonchev–Trinajstić information content (AvgIpc) is 2.19. The highest BCUT2D eigenvalue weighted by atomic mass is 15.2. The van der Waals surface area contributed by atoms with Crippen LogP contribution < -0.4 is 16.0 Å². The molecule has 1 saturated heterocycles. The van der Waals surface area contributed by atoms with Crippen LogP contribution in [0.25, 0.3) is 0 Å². The van der Waals surface area contributed by atoms with Crippen molar-refractivity contribution in [2.24, 2.45) is 0 Å². The van der Waals surface area contributed by atoms with Gasteiger partial charge in [-0.2, -0.15) is 0 Å². The molecule has 0 bridgehead atoms. The fraction of sp³-hybridized carbons (Fsp3) is 1.00. The molecule has 0 aromatic carbocycles. The summed E-state index contributed by atoms with van der Waals surface area (Å²) < 4.78 is 0. The summed E-state index contributed by atoms with van der Waals surface area (Å²) in [6.07, 6.45) is 4.08. The van der Waals surface area contributed by atoms with Crippen molar-refractivity contribution in [2.75, 3.05) is 19.6 Å². The Morgan fingerprint density at radius 3 is 2.92 bits per heavy atom. The summed E-state index contributed by atoms with van der Waals surface area (Å²) in [5, 5.41) is 11.5. The van der Waals surface area contributed by atoms with Gasteiger partial charge >= 0.3 is 0 Å². The molecule has 13 heavy (non-hydrogen) atoms. The average molecular weight is 184 g/mol. The molecule has 77 valence electrons. The lowest BCUT2D eigenvalue weighted by Crippen LogP contribution is -2.54. The normalized spacial score (nSPS) is 25.8. The highest BCUT2D eigenvalue weighted by Crippen LogP contribution is 2.02. The minimum absolute atomic E-state index is 0.352. The predicted molar refractivity (Wildman–Crippen MR) is 55.8 cm³/mol. The molecule has 3 nitrogen and oxygen atoms in total. The molecule has 1 radical (unpaired) electrons. The zero-order valence-electron chi connectivity index (χ0n) is 8.84. The lowest BCUT2D eigenvalue weighted by Gasteiger charge is -2.28. The smallest absolute Gasteiger partial charge is 0.0864 e. The van der Waals surface area contributed by atoms with Crippen molar-refractivity contribution in [3.05, 3.63) is 0 Å². The Morgan fingerprint density at radius 2 is 2.38 bits per heavy atom. The molecule has 0 aromatic heterocycles. The lowest BCUT2D eigenvalue weighted by molar-refractivity contribution is 0.305. The van der Waals surface area contributed by atoms with E-state index in [9.17, 15) is 0 Å². The van der Waals surface area contributed by atoms with Crippen LogP contribution >= 0.6 is 0 Å². The van der Waals surface area contributed by atoms with Crippen LogP contribution in [-0.2, 0) is 0 Å². The summed E-state index contributed by atoms with van der Waals surface area (Å²) >= 11 is 0. The second kappa shape index (κ2) is 6.35. The number of piperazine rings is 1. The van der Waals surface area contributed by atoms with Gasteiger partial charge in [0.05, 0.1) is 6.17 Å². The Labute approximate surface area is 81.7 Å². The Hall–Kier alpha value is -0.120. The summed E-state index contributed by atoms with van der Waals surface area (Å²) in [6, 6.07) is 0.652. The Bertz CT molecular complexity index is 119.